The summed E-state index contributed by atoms with van der Waals surface area (Å²) < 4.78 is 8.10. The van der Waals surface area contributed by atoms with Gasteiger partial charge in [-0.1, -0.05) is 91.3 Å². The van der Waals surface area contributed by atoms with E-state index < -0.39 is 6.04 Å². The topological polar surface area (TPSA) is 81.1 Å². The molecule has 5 rings (SSSR count). The summed E-state index contributed by atoms with van der Waals surface area (Å²) in [6, 6.07) is 24.2. The largest absolute Gasteiger partial charge is 0.488 e. The molecule has 7 nitrogen and oxygen atoms in total. The molecule has 39 heavy (non-hydrogen) atoms. The number of hydrogen-bond acceptors (Lipinski definition) is 6. The number of unbranched alkanes of at least 4 members (excludes halogenated alkanes) is 1. The van der Waals surface area contributed by atoms with E-state index in [4.69, 9.17) is 26.4 Å². The van der Waals surface area contributed by atoms with Gasteiger partial charge in [-0.15, -0.1) is 5.10 Å². The second-order valence-corrected chi connectivity index (χ2v) is 10.6. The standard InChI is InChI=1S/C30H30ClN5O2S/c1-3-4-18-39-30-34-29-32-20(2)26(28(37)33-22-13-6-5-7-14-22)27(36(29)35-30)23-15-9-11-17-25(23)38-19-21-12-8-10-16-24(21)31/h5-17,27H,3-4,18-19H2,1-2H3,(H,33,37)(H,32,34,35). The maximum atomic E-state index is 13.8. The fourth-order valence-corrected chi connectivity index (χ4v) is 5.51. The van der Waals surface area contributed by atoms with Gasteiger partial charge >= 0.3 is 0 Å². The van der Waals surface area contributed by atoms with Crippen LogP contribution in [0.2, 0.25) is 5.02 Å². The zero-order valence-electron chi connectivity index (χ0n) is 21.9. The summed E-state index contributed by atoms with van der Waals surface area (Å²) in [5.41, 5.74) is 3.64. The molecule has 0 radical (unpaired) electrons. The molecule has 2 N–H and O–H groups in total. The van der Waals surface area contributed by atoms with Crippen molar-refractivity contribution in [2.75, 3.05) is 16.4 Å². The number of allylic oxidation sites excluding steroid dienone is 1. The Kier molecular flexibility index (Phi) is 8.54. The first-order chi connectivity index (χ1) is 19.0. The number of ether oxygens (including phenoxy) is 1. The normalized spacial score (nSPS) is 14.5. The lowest BCUT2D eigenvalue weighted by Crippen LogP contribution is -2.31. The van der Waals surface area contributed by atoms with E-state index in [1.807, 2.05) is 85.8 Å². The average molecular weight is 560 g/mol. The number of carbonyl (C=O) groups is 1. The molecule has 1 amide bonds. The molecular weight excluding hydrogens is 530 g/mol. The molecule has 2 heterocycles. The number of nitrogens with one attached hydrogen (secondary N) is 2. The third-order valence-electron chi connectivity index (χ3n) is 6.39. The molecule has 0 bridgehead atoms. The number of carbonyl (C=O) groups excluding carboxylic acids is 1. The van der Waals surface area contributed by atoms with E-state index in [2.05, 4.69) is 17.6 Å². The summed E-state index contributed by atoms with van der Waals surface area (Å²) in [4.78, 5) is 18.5. The number of benzene rings is 3. The molecule has 1 atom stereocenters. The summed E-state index contributed by atoms with van der Waals surface area (Å²) in [5.74, 6) is 1.94. The summed E-state index contributed by atoms with van der Waals surface area (Å²) in [5, 5.41) is 12.5. The number of amides is 1. The number of fused-ring (bicyclic) bond motifs is 1. The monoisotopic (exact) mass is 559 g/mol. The van der Waals surface area contributed by atoms with Gasteiger partial charge in [0, 0.05) is 33.3 Å². The highest BCUT2D eigenvalue weighted by atomic mass is 35.5. The number of hydrogen-bond donors (Lipinski definition) is 2. The summed E-state index contributed by atoms with van der Waals surface area (Å²) in [6.07, 6.45) is 2.17. The highest BCUT2D eigenvalue weighted by Crippen LogP contribution is 2.40. The minimum Gasteiger partial charge on any atom is -0.488 e. The van der Waals surface area contributed by atoms with Crippen molar-refractivity contribution in [2.24, 2.45) is 0 Å². The lowest BCUT2D eigenvalue weighted by atomic mass is 9.94. The first kappa shape index (κ1) is 26.8. The van der Waals surface area contributed by atoms with E-state index >= 15 is 0 Å². The van der Waals surface area contributed by atoms with Crippen molar-refractivity contribution in [2.45, 2.75) is 44.5 Å². The highest BCUT2D eigenvalue weighted by Gasteiger charge is 2.36. The van der Waals surface area contributed by atoms with Crippen LogP contribution in [0.25, 0.3) is 0 Å². The van der Waals surface area contributed by atoms with Crippen molar-refractivity contribution in [3.8, 4) is 5.75 Å². The van der Waals surface area contributed by atoms with E-state index in [-0.39, 0.29) is 12.5 Å². The molecule has 0 saturated carbocycles. The fraction of sp³-hybridized carbons (Fsp3) is 0.233. The Hall–Kier alpha value is -3.75. The molecule has 9 heteroatoms. The van der Waals surface area contributed by atoms with Crippen LogP contribution in [0.3, 0.4) is 0 Å². The lowest BCUT2D eigenvalue weighted by molar-refractivity contribution is -0.113. The maximum absolute atomic E-state index is 13.8. The predicted molar refractivity (Wildman–Crippen MR) is 157 cm³/mol. The molecule has 0 spiro atoms. The second kappa shape index (κ2) is 12.4. The van der Waals surface area contributed by atoms with Gasteiger partial charge in [-0.2, -0.15) is 4.98 Å². The summed E-state index contributed by atoms with van der Waals surface area (Å²) in [6.45, 7) is 4.34. The highest BCUT2D eigenvalue weighted by molar-refractivity contribution is 7.99. The molecule has 3 aromatic carbocycles. The minimum absolute atomic E-state index is 0.224. The van der Waals surface area contributed by atoms with Gasteiger partial charge in [-0.05, 0) is 37.6 Å². The van der Waals surface area contributed by atoms with Crippen LogP contribution in [-0.2, 0) is 11.4 Å². The molecule has 4 aromatic rings. The summed E-state index contributed by atoms with van der Waals surface area (Å²) >= 11 is 8.00. The van der Waals surface area contributed by atoms with Crippen LogP contribution in [0, 0.1) is 0 Å². The number of halogens is 1. The molecule has 1 aliphatic heterocycles. The van der Waals surface area contributed by atoms with Crippen LogP contribution in [0.15, 0.2) is 95.3 Å². The van der Waals surface area contributed by atoms with Crippen molar-refractivity contribution >= 4 is 40.9 Å². The Morgan fingerprint density at radius 3 is 2.62 bits per heavy atom. The maximum Gasteiger partial charge on any atom is 0.255 e. The van der Waals surface area contributed by atoms with E-state index in [9.17, 15) is 4.79 Å². The van der Waals surface area contributed by atoms with Gasteiger partial charge in [-0.25, -0.2) is 4.68 Å². The molecular formula is C30H30ClN5O2S. The Labute approximate surface area is 237 Å². The Morgan fingerprint density at radius 2 is 1.82 bits per heavy atom. The van der Waals surface area contributed by atoms with Crippen LogP contribution in [0.5, 0.6) is 5.75 Å². The summed E-state index contributed by atoms with van der Waals surface area (Å²) in [7, 11) is 0. The zero-order chi connectivity index (χ0) is 27.2. The van der Waals surface area contributed by atoms with Gasteiger partial charge in [0.05, 0.1) is 5.57 Å². The van der Waals surface area contributed by atoms with Gasteiger partial charge in [0.2, 0.25) is 11.1 Å². The van der Waals surface area contributed by atoms with Crippen LogP contribution in [0.1, 0.15) is 43.9 Å². The Bertz CT molecular complexity index is 1490. The van der Waals surface area contributed by atoms with Gasteiger partial charge in [0.15, 0.2) is 0 Å². The van der Waals surface area contributed by atoms with E-state index in [0.29, 0.717) is 38.8 Å². The third kappa shape index (κ3) is 6.13. The van der Waals surface area contributed by atoms with Crippen LogP contribution in [-0.4, -0.2) is 26.4 Å². The van der Waals surface area contributed by atoms with Crippen molar-refractivity contribution in [3.05, 3.63) is 106 Å². The van der Waals surface area contributed by atoms with Crippen molar-refractivity contribution in [3.63, 3.8) is 0 Å². The first-order valence-electron chi connectivity index (χ1n) is 12.9. The molecule has 0 saturated heterocycles. The Morgan fingerprint density at radius 1 is 1.08 bits per heavy atom. The molecule has 0 fully saturated rings. The number of nitrogens with zero attached hydrogens (tertiary/aromatic N) is 3. The molecule has 1 aliphatic rings. The van der Waals surface area contributed by atoms with Gasteiger partial charge in [-0.3, -0.25) is 4.79 Å². The van der Waals surface area contributed by atoms with Crippen LogP contribution < -0.4 is 15.4 Å². The number of aromatic nitrogens is 3. The molecule has 0 aliphatic carbocycles. The van der Waals surface area contributed by atoms with Crippen molar-refractivity contribution in [1.82, 2.24) is 14.8 Å². The number of rotatable bonds is 10. The average Bonchev–Trinajstić information content (AvgIpc) is 3.35. The third-order valence-corrected chi connectivity index (χ3v) is 7.69. The SMILES string of the molecule is CCCCSc1nc2n(n1)C(c1ccccc1OCc1ccccc1Cl)C(C(=O)Nc1ccccc1)=C(C)N2. The second-order valence-electron chi connectivity index (χ2n) is 9.17. The quantitative estimate of drug-likeness (QED) is 0.156. The lowest BCUT2D eigenvalue weighted by Gasteiger charge is -2.29. The number of para-hydroxylation sites is 2. The Balaban J connectivity index is 1.54. The zero-order valence-corrected chi connectivity index (χ0v) is 23.4. The van der Waals surface area contributed by atoms with Crippen LogP contribution in [0.4, 0.5) is 11.6 Å². The van der Waals surface area contributed by atoms with E-state index in [1.165, 1.54) is 0 Å². The number of thioether (sulfide) groups is 1. The molecule has 200 valence electrons. The van der Waals surface area contributed by atoms with Gasteiger partial charge in [0.25, 0.3) is 5.91 Å². The van der Waals surface area contributed by atoms with E-state index in [1.54, 1.807) is 16.4 Å². The van der Waals surface area contributed by atoms with Crippen molar-refractivity contribution in [1.29, 1.82) is 0 Å². The van der Waals surface area contributed by atoms with Crippen LogP contribution >= 0.6 is 23.4 Å². The molecule has 1 unspecified atom stereocenters. The molecule has 1 aromatic heterocycles. The predicted octanol–water partition coefficient (Wildman–Crippen LogP) is 7.33. The van der Waals surface area contributed by atoms with E-state index in [0.717, 1.165) is 29.7 Å². The van der Waals surface area contributed by atoms with Gasteiger partial charge < -0.3 is 15.4 Å². The van der Waals surface area contributed by atoms with Crippen molar-refractivity contribution < 1.29 is 9.53 Å². The number of anilines is 2. The fourth-order valence-electron chi connectivity index (χ4n) is 4.41. The van der Waals surface area contributed by atoms with Gasteiger partial charge in [0.1, 0.15) is 18.4 Å². The first-order valence-corrected chi connectivity index (χ1v) is 14.3. The minimum atomic E-state index is -0.555. The smallest absolute Gasteiger partial charge is 0.255 e.